The fourth-order valence-corrected chi connectivity index (χ4v) is 5.91. The number of aryl methyl sites for hydroxylation is 1. The number of nitrogens with one attached hydrogen (secondary N) is 1. The molecule has 0 spiro atoms. The predicted molar refractivity (Wildman–Crippen MR) is 110 cm³/mol. The summed E-state index contributed by atoms with van der Waals surface area (Å²) in [5.74, 6) is 0. The third-order valence-electron chi connectivity index (χ3n) is 5.80. The second kappa shape index (κ2) is 6.52. The van der Waals surface area contributed by atoms with Gasteiger partial charge in [0.1, 0.15) is 0 Å². The van der Waals surface area contributed by atoms with Crippen LogP contribution in [0.15, 0.2) is 52.3 Å². The molecule has 2 bridgehead atoms. The maximum absolute atomic E-state index is 13.1. The average molecular weight is 423 g/mol. The molecule has 2 aromatic carbocycles. The monoisotopic (exact) mass is 422 g/mol. The fraction of sp³-hybridized carbons (Fsp3) is 0.300. The number of halogens is 2. The van der Waals surface area contributed by atoms with Gasteiger partial charge in [0.25, 0.3) is 0 Å². The Kier molecular flexibility index (Phi) is 4.54. The summed E-state index contributed by atoms with van der Waals surface area (Å²) in [6.07, 6.45) is 3.31. The van der Waals surface area contributed by atoms with Crippen LogP contribution in [0.2, 0.25) is 5.02 Å². The number of hydrogen-bond acceptors (Lipinski definition) is 3. The molecule has 2 unspecified atom stereocenters. The molecule has 1 fully saturated rings. The van der Waals surface area contributed by atoms with Crippen LogP contribution < -0.4 is 5.32 Å². The third-order valence-corrected chi connectivity index (χ3v) is 7.82. The van der Waals surface area contributed by atoms with Gasteiger partial charge in [0.2, 0.25) is 9.84 Å². The zero-order valence-electron chi connectivity index (χ0n) is 14.8. The second-order valence-corrected chi connectivity index (χ2v) is 9.64. The Morgan fingerprint density at radius 3 is 2.52 bits per heavy atom. The zero-order valence-corrected chi connectivity index (χ0v) is 17.2. The van der Waals surface area contributed by atoms with Crippen LogP contribution in [0.25, 0.3) is 10.9 Å². The molecule has 0 saturated carbocycles. The normalized spacial score (nSPS) is 21.1. The van der Waals surface area contributed by atoms with Crippen molar-refractivity contribution < 1.29 is 8.42 Å². The van der Waals surface area contributed by atoms with E-state index in [0.717, 1.165) is 23.7 Å². The van der Waals surface area contributed by atoms with Gasteiger partial charge in [0.15, 0.2) is 0 Å². The Balaban J connectivity index is 0.00000180. The largest absolute Gasteiger partial charge is 0.347 e. The van der Waals surface area contributed by atoms with Crippen molar-refractivity contribution in [3.8, 4) is 0 Å². The highest BCUT2D eigenvalue weighted by atomic mass is 35.5. The lowest BCUT2D eigenvalue weighted by Crippen LogP contribution is -2.32. The van der Waals surface area contributed by atoms with E-state index in [4.69, 9.17) is 11.6 Å². The van der Waals surface area contributed by atoms with Gasteiger partial charge in [-0.15, -0.1) is 12.4 Å². The molecule has 5 rings (SSSR count). The van der Waals surface area contributed by atoms with Crippen LogP contribution in [0.5, 0.6) is 0 Å². The van der Waals surface area contributed by atoms with Gasteiger partial charge in [0.05, 0.1) is 9.79 Å². The van der Waals surface area contributed by atoms with Crippen LogP contribution in [0.3, 0.4) is 0 Å². The Bertz CT molecular complexity index is 1140. The van der Waals surface area contributed by atoms with Crippen LogP contribution in [0.1, 0.15) is 30.1 Å². The lowest BCUT2D eigenvalue weighted by molar-refractivity contribution is 0.503. The highest BCUT2D eigenvalue weighted by Crippen LogP contribution is 2.42. The zero-order chi connectivity index (χ0) is 18.1. The van der Waals surface area contributed by atoms with Crippen LogP contribution in [0.4, 0.5) is 0 Å². The van der Waals surface area contributed by atoms with E-state index in [1.807, 2.05) is 12.1 Å². The molecule has 0 radical (unpaired) electrons. The summed E-state index contributed by atoms with van der Waals surface area (Å²) < 4.78 is 28.3. The van der Waals surface area contributed by atoms with Crippen LogP contribution >= 0.6 is 24.0 Å². The van der Waals surface area contributed by atoms with E-state index in [0.29, 0.717) is 22.0 Å². The van der Waals surface area contributed by atoms with Gasteiger partial charge in [-0.2, -0.15) is 0 Å². The number of fused-ring (bicyclic) bond motifs is 6. The Hall–Kier alpha value is -1.53. The van der Waals surface area contributed by atoms with Gasteiger partial charge in [-0.1, -0.05) is 11.6 Å². The number of sulfone groups is 1. The number of aromatic nitrogens is 1. The molecule has 1 aromatic heterocycles. The molecule has 2 aliphatic heterocycles. The van der Waals surface area contributed by atoms with Gasteiger partial charge in [-0.25, -0.2) is 8.42 Å². The molecular formula is C20H20Cl2N2O2S. The lowest BCUT2D eigenvalue weighted by atomic mass is 9.99. The van der Waals surface area contributed by atoms with E-state index >= 15 is 0 Å². The summed E-state index contributed by atoms with van der Waals surface area (Å²) in [5, 5.41) is 5.25. The van der Waals surface area contributed by atoms with E-state index in [9.17, 15) is 8.42 Å². The standard InChI is InChI=1S/C20H19ClN2O2S.ClH/c1-23-18-9-7-15(26(24,25)14-5-2-12(21)3-6-14)11-16(18)20-17-8-4-13(22-17)10-19(20)23;/h2-3,5-7,9,11,13,17,22H,4,8,10H2,1H3;1H. The quantitative estimate of drug-likeness (QED) is 0.663. The van der Waals surface area contributed by atoms with E-state index < -0.39 is 9.84 Å². The van der Waals surface area contributed by atoms with Crippen molar-refractivity contribution in [1.29, 1.82) is 0 Å². The molecule has 2 aliphatic rings. The first-order valence-corrected chi connectivity index (χ1v) is 10.7. The molecule has 4 nitrogen and oxygen atoms in total. The van der Waals surface area contributed by atoms with Crippen molar-refractivity contribution in [2.45, 2.75) is 41.1 Å². The van der Waals surface area contributed by atoms with E-state index in [1.54, 1.807) is 30.3 Å². The van der Waals surface area contributed by atoms with Crippen LogP contribution in [-0.2, 0) is 23.3 Å². The summed E-state index contributed by atoms with van der Waals surface area (Å²) in [5.41, 5.74) is 3.72. The molecule has 7 heteroatoms. The molecule has 1 saturated heterocycles. The lowest BCUT2D eigenvalue weighted by Gasteiger charge is -2.23. The molecular weight excluding hydrogens is 403 g/mol. The number of nitrogens with zero attached hydrogens (tertiary/aromatic N) is 1. The fourth-order valence-electron chi connectivity index (χ4n) is 4.50. The van der Waals surface area contributed by atoms with Crippen molar-refractivity contribution in [1.82, 2.24) is 9.88 Å². The smallest absolute Gasteiger partial charge is 0.206 e. The molecule has 1 N–H and O–H groups in total. The minimum Gasteiger partial charge on any atom is -0.347 e. The average Bonchev–Trinajstić information content (AvgIpc) is 3.14. The number of rotatable bonds is 2. The number of hydrogen-bond donors (Lipinski definition) is 1. The maximum Gasteiger partial charge on any atom is 0.206 e. The topological polar surface area (TPSA) is 51.1 Å². The minimum atomic E-state index is -3.57. The Morgan fingerprint density at radius 2 is 1.78 bits per heavy atom. The maximum atomic E-state index is 13.1. The summed E-state index contributed by atoms with van der Waals surface area (Å²) in [6.45, 7) is 0. The number of benzene rings is 2. The van der Waals surface area contributed by atoms with Crippen molar-refractivity contribution in [3.63, 3.8) is 0 Å². The van der Waals surface area contributed by atoms with Gasteiger partial charge >= 0.3 is 0 Å². The van der Waals surface area contributed by atoms with E-state index in [-0.39, 0.29) is 17.3 Å². The molecule has 142 valence electrons. The van der Waals surface area contributed by atoms with Gasteiger partial charge < -0.3 is 9.88 Å². The van der Waals surface area contributed by atoms with E-state index in [1.165, 1.54) is 17.7 Å². The van der Waals surface area contributed by atoms with Crippen molar-refractivity contribution in [3.05, 3.63) is 58.7 Å². The summed E-state index contributed by atoms with van der Waals surface area (Å²) in [7, 11) is -1.48. The highest BCUT2D eigenvalue weighted by molar-refractivity contribution is 7.91. The third kappa shape index (κ3) is 2.80. The highest BCUT2D eigenvalue weighted by Gasteiger charge is 2.36. The van der Waals surface area contributed by atoms with Crippen molar-refractivity contribution in [2.24, 2.45) is 7.05 Å². The first-order valence-electron chi connectivity index (χ1n) is 8.83. The SMILES string of the molecule is Cl.Cn1c2c(c3cc(S(=O)(=O)c4ccc(Cl)cc4)ccc31)C1CCC(C2)N1. The molecule has 3 aromatic rings. The van der Waals surface area contributed by atoms with Gasteiger partial charge in [-0.05, 0) is 60.9 Å². The first-order chi connectivity index (χ1) is 12.4. The summed E-state index contributed by atoms with van der Waals surface area (Å²) in [4.78, 5) is 0.603. The second-order valence-electron chi connectivity index (χ2n) is 7.25. The van der Waals surface area contributed by atoms with Crippen LogP contribution in [-0.4, -0.2) is 19.0 Å². The molecule has 2 atom stereocenters. The Morgan fingerprint density at radius 1 is 1.07 bits per heavy atom. The summed E-state index contributed by atoms with van der Waals surface area (Å²) in [6, 6.07) is 12.7. The molecule has 0 aliphatic carbocycles. The molecule has 27 heavy (non-hydrogen) atoms. The van der Waals surface area contributed by atoms with Crippen molar-refractivity contribution in [2.75, 3.05) is 0 Å². The van der Waals surface area contributed by atoms with Crippen LogP contribution in [0, 0.1) is 0 Å². The van der Waals surface area contributed by atoms with Gasteiger partial charge in [-0.3, -0.25) is 0 Å². The predicted octanol–water partition coefficient (Wildman–Crippen LogP) is 4.44. The Labute approximate surface area is 169 Å². The van der Waals surface area contributed by atoms with Crippen molar-refractivity contribution >= 4 is 44.7 Å². The first kappa shape index (κ1) is 18.8. The van der Waals surface area contributed by atoms with E-state index in [2.05, 4.69) is 16.9 Å². The van der Waals surface area contributed by atoms with Gasteiger partial charge in [0, 0.05) is 47.2 Å². The summed E-state index contributed by atoms with van der Waals surface area (Å²) >= 11 is 5.90. The minimum absolute atomic E-state index is 0. The molecule has 0 amide bonds. The molecule has 3 heterocycles.